The smallest absolute Gasteiger partial charge is 0.225 e. The topological polar surface area (TPSA) is 64.3 Å². The van der Waals surface area contributed by atoms with Gasteiger partial charge in [-0.25, -0.2) is 15.0 Å². The van der Waals surface area contributed by atoms with Gasteiger partial charge in [-0.05, 0) is 18.2 Å². The van der Waals surface area contributed by atoms with Gasteiger partial charge in [-0.1, -0.05) is 12.1 Å². The number of benzene rings is 1. The highest BCUT2D eigenvalue weighted by atomic mass is 16.5. The van der Waals surface area contributed by atoms with Crippen LogP contribution >= 0.6 is 0 Å². The van der Waals surface area contributed by atoms with E-state index < -0.39 is 0 Å². The van der Waals surface area contributed by atoms with Crippen molar-refractivity contribution in [1.29, 1.82) is 0 Å². The summed E-state index contributed by atoms with van der Waals surface area (Å²) in [6.07, 6.45) is 7.33. The standard InChI is InChI=1S/C17H16N4O2/c1-2-4-15-14(3-1)20-16(23-15)6-5-13-11-18-17(19-12-13)21-7-9-22-10-8-21/h1-6,11-12H,7-10H2. The SMILES string of the molecule is C(=Cc1nc2ccccc2o1)c1cnc(N2CCOCC2)nc1. The zero-order valence-corrected chi connectivity index (χ0v) is 12.6. The normalized spacial score (nSPS) is 15.6. The van der Waals surface area contributed by atoms with E-state index in [-0.39, 0.29) is 0 Å². The number of fused-ring (bicyclic) bond motifs is 1. The molecule has 0 bridgehead atoms. The lowest BCUT2D eigenvalue weighted by atomic mass is 10.3. The van der Waals surface area contributed by atoms with E-state index in [1.165, 1.54) is 0 Å². The van der Waals surface area contributed by atoms with Crippen molar-refractivity contribution in [3.05, 3.63) is 48.1 Å². The summed E-state index contributed by atoms with van der Waals surface area (Å²) in [5, 5.41) is 0. The first-order chi connectivity index (χ1) is 11.4. The van der Waals surface area contributed by atoms with Crippen LogP contribution in [0.1, 0.15) is 11.5 Å². The van der Waals surface area contributed by atoms with Crippen LogP contribution in [0, 0.1) is 0 Å². The van der Waals surface area contributed by atoms with Gasteiger partial charge >= 0.3 is 0 Å². The van der Waals surface area contributed by atoms with Gasteiger partial charge in [0.25, 0.3) is 0 Å². The molecule has 1 saturated heterocycles. The van der Waals surface area contributed by atoms with Gasteiger partial charge in [0, 0.05) is 37.1 Å². The largest absolute Gasteiger partial charge is 0.437 e. The summed E-state index contributed by atoms with van der Waals surface area (Å²) in [6.45, 7) is 3.11. The molecule has 0 N–H and O–H groups in total. The van der Waals surface area contributed by atoms with Crippen molar-refractivity contribution < 1.29 is 9.15 Å². The number of rotatable bonds is 3. The number of hydrogen-bond donors (Lipinski definition) is 0. The van der Waals surface area contributed by atoms with Crippen LogP contribution in [0.25, 0.3) is 23.3 Å². The molecule has 1 fully saturated rings. The molecule has 0 aliphatic carbocycles. The Morgan fingerprint density at radius 3 is 2.57 bits per heavy atom. The van der Waals surface area contributed by atoms with Gasteiger partial charge in [-0.2, -0.15) is 0 Å². The van der Waals surface area contributed by atoms with Crippen molar-refractivity contribution in [1.82, 2.24) is 15.0 Å². The molecular formula is C17H16N4O2. The van der Waals surface area contributed by atoms with Crippen LogP contribution in [0.3, 0.4) is 0 Å². The third-order valence-electron chi connectivity index (χ3n) is 3.68. The molecule has 23 heavy (non-hydrogen) atoms. The summed E-state index contributed by atoms with van der Waals surface area (Å²) in [5.74, 6) is 1.32. The minimum atomic E-state index is 0.573. The molecule has 3 heterocycles. The molecular weight excluding hydrogens is 292 g/mol. The molecule has 4 rings (SSSR count). The minimum Gasteiger partial charge on any atom is -0.437 e. The van der Waals surface area contributed by atoms with Crippen molar-refractivity contribution in [2.45, 2.75) is 0 Å². The number of hydrogen-bond acceptors (Lipinski definition) is 6. The number of anilines is 1. The molecule has 6 nitrogen and oxygen atoms in total. The molecule has 0 amide bonds. The first-order valence-electron chi connectivity index (χ1n) is 7.57. The van der Waals surface area contributed by atoms with Crippen molar-refractivity contribution in [3.63, 3.8) is 0 Å². The van der Waals surface area contributed by atoms with Gasteiger partial charge in [0.15, 0.2) is 5.58 Å². The Labute approximate surface area is 133 Å². The molecule has 116 valence electrons. The molecule has 1 aliphatic rings. The molecule has 0 atom stereocenters. The Morgan fingerprint density at radius 1 is 1.00 bits per heavy atom. The van der Waals surface area contributed by atoms with E-state index in [0.717, 1.165) is 48.9 Å². The van der Waals surface area contributed by atoms with Crippen LogP contribution in [0.5, 0.6) is 0 Å². The maximum Gasteiger partial charge on any atom is 0.225 e. The van der Waals surface area contributed by atoms with E-state index in [1.54, 1.807) is 12.4 Å². The number of nitrogens with zero attached hydrogens (tertiary/aromatic N) is 4. The summed E-state index contributed by atoms with van der Waals surface area (Å²) in [4.78, 5) is 15.4. The second-order valence-corrected chi connectivity index (χ2v) is 5.27. The summed E-state index contributed by atoms with van der Waals surface area (Å²) < 4.78 is 11.0. The van der Waals surface area contributed by atoms with Crippen LogP contribution in [0.15, 0.2) is 41.1 Å². The van der Waals surface area contributed by atoms with Crippen molar-refractivity contribution in [3.8, 4) is 0 Å². The van der Waals surface area contributed by atoms with Crippen molar-refractivity contribution in [2.75, 3.05) is 31.2 Å². The van der Waals surface area contributed by atoms with Crippen molar-refractivity contribution >= 4 is 29.2 Å². The maximum absolute atomic E-state index is 5.65. The number of morpholine rings is 1. The van der Waals surface area contributed by atoms with E-state index in [4.69, 9.17) is 9.15 Å². The van der Waals surface area contributed by atoms with Gasteiger partial charge in [0.05, 0.1) is 13.2 Å². The number of oxazole rings is 1. The average molecular weight is 308 g/mol. The highest BCUT2D eigenvalue weighted by Gasteiger charge is 2.12. The van der Waals surface area contributed by atoms with Crippen LogP contribution < -0.4 is 4.90 Å². The third-order valence-corrected chi connectivity index (χ3v) is 3.68. The first-order valence-corrected chi connectivity index (χ1v) is 7.57. The van der Waals surface area contributed by atoms with Gasteiger partial charge in [0.2, 0.25) is 11.8 Å². The monoisotopic (exact) mass is 308 g/mol. The summed E-state index contributed by atoms with van der Waals surface area (Å²) in [6, 6.07) is 7.70. The zero-order chi connectivity index (χ0) is 15.5. The van der Waals surface area contributed by atoms with Gasteiger partial charge in [-0.3, -0.25) is 0 Å². The molecule has 0 radical (unpaired) electrons. The zero-order valence-electron chi connectivity index (χ0n) is 12.6. The summed E-state index contributed by atoms with van der Waals surface area (Å²) in [7, 11) is 0. The quantitative estimate of drug-likeness (QED) is 0.741. The molecule has 0 spiro atoms. The highest BCUT2D eigenvalue weighted by Crippen LogP contribution is 2.17. The van der Waals surface area contributed by atoms with E-state index in [9.17, 15) is 0 Å². The fraction of sp³-hybridized carbons (Fsp3) is 0.235. The molecule has 0 unspecified atom stereocenters. The Kier molecular flexibility index (Phi) is 3.73. The average Bonchev–Trinajstić information content (AvgIpc) is 3.04. The first kappa shape index (κ1) is 13.9. The van der Waals surface area contributed by atoms with Crippen LogP contribution in [0.4, 0.5) is 5.95 Å². The van der Waals surface area contributed by atoms with E-state index in [1.807, 2.05) is 36.4 Å². The Hall–Kier alpha value is -2.73. The molecule has 3 aromatic rings. The molecule has 1 aliphatic heterocycles. The van der Waals surface area contributed by atoms with Crippen LogP contribution in [0.2, 0.25) is 0 Å². The lowest BCUT2D eigenvalue weighted by Crippen LogP contribution is -2.37. The maximum atomic E-state index is 5.65. The Bertz CT molecular complexity index is 787. The molecule has 2 aromatic heterocycles. The second kappa shape index (κ2) is 6.18. The van der Waals surface area contributed by atoms with E-state index >= 15 is 0 Å². The van der Waals surface area contributed by atoms with E-state index in [2.05, 4.69) is 19.9 Å². The molecule has 0 saturated carbocycles. The predicted octanol–water partition coefficient (Wildman–Crippen LogP) is 2.62. The van der Waals surface area contributed by atoms with Gasteiger partial charge in [-0.15, -0.1) is 0 Å². The van der Waals surface area contributed by atoms with Crippen LogP contribution in [-0.4, -0.2) is 41.3 Å². The number of ether oxygens (including phenoxy) is 1. The summed E-state index contributed by atoms with van der Waals surface area (Å²) >= 11 is 0. The number of para-hydroxylation sites is 2. The molecule has 1 aromatic carbocycles. The number of aromatic nitrogens is 3. The van der Waals surface area contributed by atoms with Gasteiger partial charge < -0.3 is 14.1 Å². The second-order valence-electron chi connectivity index (χ2n) is 5.27. The predicted molar refractivity (Wildman–Crippen MR) is 88.0 cm³/mol. The lowest BCUT2D eigenvalue weighted by molar-refractivity contribution is 0.122. The fourth-order valence-electron chi connectivity index (χ4n) is 2.47. The van der Waals surface area contributed by atoms with E-state index in [0.29, 0.717) is 5.89 Å². The molecule has 6 heteroatoms. The fourth-order valence-corrected chi connectivity index (χ4v) is 2.47. The van der Waals surface area contributed by atoms with Gasteiger partial charge in [0.1, 0.15) is 5.52 Å². The Morgan fingerprint density at radius 2 is 1.78 bits per heavy atom. The highest BCUT2D eigenvalue weighted by molar-refractivity contribution is 5.75. The lowest BCUT2D eigenvalue weighted by Gasteiger charge is -2.26. The Balaban J connectivity index is 1.49. The minimum absolute atomic E-state index is 0.573. The van der Waals surface area contributed by atoms with Crippen LogP contribution in [-0.2, 0) is 4.74 Å². The summed E-state index contributed by atoms with van der Waals surface area (Å²) in [5.41, 5.74) is 2.54. The third kappa shape index (κ3) is 3.07. The van der Waals surface area contributed by atoms with Crippen molar-refractivity contribution in [2.24, 2.45) is 0 Å².